The molecular weight excluding hydrogens is 199 g/mol. The van der Waals surface area contributed by atoms with Crippen molar-refractivity contribution in [3.8, 4) is 0 Å². The monoisotopic (exact) mass is 230 g/mol. The Bertz CT molecular complexity index is 205. The number of hydrogen-bond donors (Lipinski definition) is 0. The molecule has 0 amide bonds. The van der Waals surface area contributed by atoms with Gasteiger partial charge in [-0.15, -0.1) is 0 Å². The van der Waals surface area contributed by atoms with Crippen LogP contribution in [0.1, 0.15) is 48.5 Å². The van der Waals surface area contributed by atoms with E-state index in [2.05, 4.69) is 55.1 Å². The van der Waals surface area contributed by atoms with Crippen LogP contribution in [0, 0.1) is 17.8 Å². The first kappa shape index (κ1) is 13.5. The van der Waals surface area contributed by atoms with Crippen LogP contribution in [0.2, 0.25) is 0 Å². The van der Waals surface area contributed by atoms with Crippen molar-refractivity contribution in [2.75, 3.05) is 6.66 Å². The van der Waals surface area contributed by atoms with Crippen LogP contribution >= 0.6 is 7.26 Å². The van der Waals surface area contributed by atoms with E-state index in [1.165, 1.54) is 0 Å². The molecule has 1 fully saturated rings. The zero-order valence-corrected chi connectivity index (χ0v) is 13.0. The standard InChI is InChI=1S/C14H31P/c1-9(2)15(8)13(6)11(4)10(3)12(5)14(15)7/h9-15H,1-8H3. The molecule has 1 aliphatic heterocycles. The molecule has 0 spiro atoms. The third-order valence-electron chi connectivity index (χ3n) is 6.44. The van der Waals surface area contributed by atoms with E-state index in [0.717, 1.165) is 34.7 Å². The molecule has 1 aliphatic rings. The van der Waals surface area contributed by atoms with Crippen LogP contribution in [0.15, 0.2) is 0 Å². The van der Waals surface area contributed by atoms with E-state index in [-0.39, 0.29) is 0 Å². The van der Waals surface area contributed by atoms with Crippen LogP contribution in [-0.2, 0) is 0 Å². The fraction of sp³-hybridized carbons (Fsp3) is 1.00. The van der Waals surface area contributed by atoms with Gasteiger partial charge in [-0.3, -0.25) is 0 Å². The van der Waals surface area contributed by atoms with Gasteiger partial charge in [-0.05, 0) is 0 Å². The normalized spacial score (nSPS) is 47.9. The zero-order valence-electron chi connectivity index (χ0n) is 12.0. The van der Waals surface area contributed by atoms with Gasteiger partial charge in [0.15, 0.2) is 0 Å². The Morgan fingerprint density at radius 2 is 1.07 bits per heavy atom. The quantitative estimate of drug-likeness (QED) is 0.583. The van der Waals surface area contributed by atoms with Crippen molar-refractivity contribution in [2.24, 2.45) is 17.8 Å². The molecule has 0 N–H and O–H groups in total. The average Bonchev–Trinajstić information content (AvgIpc) is 2.20. The maximum absolute atomic E-state index is 2.66. The molecule has 0 aromatic heterocycles. The van der Waals surface area contributed by atoms with Gasteiger partial charge in [0.05, 0.1) is 0 Å². The number of hydrogen-bond acceptors (Lipinski definition) is 0. The van der Waals surface area contributed by atoms with Crippen molar-refractivity contribution in [2.45, 2.75) is 65.4 Å². The van der Waals surface area contributed by atoms with Gasteiger partial charge >= 0.3 is 97.1 Å². The molecule has 1 heteroatoms. The summed E-state index contributed by atoms with van der Waals surface area (Å²) in [6, 6.07) is 0. The van der Waals surface area contributed by atoms with Crippen LogP contribution in [0.25, 0.3) is 0 Å². The van der Waals surface area contributed by atoms with Gasteiger partial charge in [0.2, 0.25) is 0 Å². The summed E-state index contributed by atoms with van der Waals surface area (Å²) in [5.41, 5.74) is 2.90. The van der Waals surface area contributed by atoms with Crippen molar-refractivity contribution in [3.63, 3.8) is 0 Å². The summed E-state index contributed by atoms with van der Waals surface area (Å²) in [5, 5.41) is 0. The first-order chi connectivity index (χ1) is 6.74. The first-order valence-corrected chi connectivity index (χ1v) is 9.47. The molecule has 4 unspecified atom stereocenters. The van der Waals surface area contributed by atoms with Crippen molar-refractivity contribution < 1.29 is 0 Å². The minimum atomic E-state index is -1.09. The fourth-order valence-corrected chi connectivity index (χ4v) is 9.79. The molecule has 1 rings (SSSR count). The van der Waals surface area contributed by atoms with Gasteiger partial charge in [0, 0.05) is 0 Å². The van der Waals surface area contributed by atoms with Crippen LogP contribution in [0.4, 0.5) is 0 Å². The molecule has 92 valence electrons. The second kappa shape index (κ2) is 4.36. The van der Waals surface area contributed by atoms with E-state index in [0.29, 0.717) is 0 Å². The Morgan fingerprint density at radius 1 is 0.733 bits per heavy atom. The molecule has 15 heavy (non-hydrogen) atoms. The Hall–Kier alpha value is 0.430. The minimum absolute atomic E-state index is 0.911. The van der Waals surface area contributed by atoms with E-state index in [1.807, 2.05) is 0 Å². The van der Waals surface area contributed by atoms with E-state index < -0.39 is 7.26 Å². The predicted molar refractivity (Wildman–Crippen MR) is 75.8 cm³/mol. The van der Waals surface area contributed by atoms with Crippen LogP contribution in [0.3, 0.4) is 0 Å². The van der Waals surface area contributed by atoms with Crippen molar-refractivity contribution in [1.82, 2.24) is 0 Å². The van der Waals surface area contributed by atoms with Gasteiger partial charge in [-0.25, -0.2) is 0 Å². The van der Waals surface area contributed by atoms with Crippen LogP contribution in [-0.4, -0.2) is 23.6 Å². The van der Waals surface area contributed by atoms with Gasteiger partial charge in [-0.2, -0.15) is 0 Å². The molecule has 0 aliphatic carbocycles. The van der Waals surface area contributed by atoms with Gasteiger partial charge in [-0.1, -0.05) is 0 Å². The van der Waals surface area contributed by atoms with Gasteiger partial charge in [0.1, 0.15) is 0 Å². The molecule has 0 nitrogen and oxygen atoms in total. The Kier molecular flexibility index (Phi) is 3.92. The van der Waals surface area contributed by atoms with Gasteiger partial charge in [0.25, 0.3) is 0 Å². The molecule has 0 aromatic carbocycles. The summed E-state index contributed by atoms with van der Waals surface area (Å²) in [7, 11) is -1.09. The fourth-order valence-electron chi connectivity index (χ4n) is 3.99. The van der Waals surface area contributed by atoms with Crippen molar-refractivity contribution in [3.05, 3.63) is 0 Å². The van der Waals surface area contributed by atoms with E-state index >= 15 is 0 Å². The third-order valence-corrected chi connectivity index (χ3v) is 13.9. The number of rotatable bonds is 1. The van der Waals surface area contributed by atoms with E-state index in [4.69, 9.17) is 0 Å². The predicted octanol–water partition coefficient (Wildman–Crippen LogP) is 4.47. The summed E-state index contributed by atoms with van der Waals surface area (Å²) in [4.78, 5) is 0. The third kappa shape index (κ3) is 1.88. The van der Waals surface area contributed by atoms with Crippen molar-refractivity contribution >= 4 is 7.26 Å². The Balaban J connectivity index is 3.07. The topological polar surface area (TPSA) is 0 Å². The molecule has 1 heterocycles. The SMILES string of the molecule is CC1C(C)C(C)[PH](C)(C(C)C)C(C)C1C. The second-order valence-corrected chi connectivity index (χ2v) is 12.4. The average molecular weight is 230 g/mol. The molecule has 1 saturated heterocycles. The summed E-state index contributed by atoms with van der Waals surface area (Å²) in [6.07, 6.45) is 0. The molecule has 4 atom stereocenters. The molecule has 0 aromatic rings. The maximum atomic E-state index is 2.66. The van der Waals surface area contributed by atoms with E-state index in [9.17, 15) is 0 Å². The summed E-state index contributed by atoms with van der Waals surface area (Å²) in [5.74, 6) is 2.76. The molecule has 0 bridgehead atoms. The summed E-state index contributed by atoms with van der Waals surface area (Å²) < 4.78 is 0. The Morgan fingerprint density at radius 3 is 1.33 bits per heavy atom. The summed E-state index contributed by atoms with van der Waals surface area (Å²) >= 11 is 0. The molecular formula is C14H31P. The van der Waals surface area contributed by atoms with Crippen molar-refractivity contribution in [1.29, 1.82) is 0 Å². The molecule has 0 radical (unpaired) electrons. The van der Waals surface area contributed by atoms with Gasteiger partial charge < -0.3 is 0 Å². The zero-order chi connectivity index (χ0) is 12.0. The molecule has 0 saturated carbocycles. The Labute approximate surface area is 97.6 Å². The first-order valence-electron chi connectivity index (χ1n) is 6.74. The van der Waals surface area contributed by atoms with Crippen LogP contribution < -0.4 is 0 Å². The van der Waals surface area contributed by atoms with E-state index in [1.54, 1.807) is 0 Å². The second-order valence-electron chi connectivity index (χ2n) is 6.68. The summed E-state index contributed by atoms with van der Waals surface area (Å²) in [6.45, 7) is 20.1. The van der Waals surface area contributed by atoms with Crippen LogP contribution in [0.5, 0.6) is 0 Å².